The zero-order valence-electron chi connectivity index (χ0n) is 9.85. The summed E-state index contributed by atoms with van der Waals surface area (Å²) in [6.45, 7) is -0.383. The summed E-state index contributed by atoms with van der Waals surface area (Å²) >= 11 is 5.73. The van der Waals surface area contributed by atoms with E-state index in [2.05, 4.69) is 10.6 Å². The lowest BCUT2D eigenvalue weighted by molar-refractivity contribution is -0.165. The van der Waals surface area contributed by atoms with Crippen LogP contribution < -0.4 is 10.6 Å². The maximum atomic E-state index is 12.6. The van der Waals surface area contributed by atoms with Gasteiger partial charge in [-0.25, -0.2) is 0 Å². The second kappa shape index (κ2) is 5.02. The molecule has 2 rings (SSSR count). The Bertz CT molecular complexity index is 486. The Hall–Kier alpha value is -1.27. The number of rotatable bonds is 4. The van der Waals surface area contributed by atoms with E-state index in [-0.39, 0.29) is 19.4 Å². The Morgan fingerprint density at radius 3 is 2.58 bits per heavy atom. The second-order valence-electron chi connectivity index (χ2n) is 4.49. The van der Waals surface area contributed by atoms with Gasteiger partial charge in [0.05, 0.1) is 6.54 Å². The molecule has 3 nitrogen and oxygen atoms in total. The van der Waals surface area contributed by atoms with E-state index >= 15 is 0 Å². The van der Waals surface area contributed by atoms with E-state index in [1.165, 1.54) is 6.07 Å². The lowest BCUT2D eigenvalue weighted by Gasteiger charge is -2.20. The van der Waals surface area contributed by atoms with Crippen molar-refractivity contribution in [2.45, 2.75) is 24.6 Å². The van der Waals surface area contributed by atoms with Crippen LogP contribution in [0.1, 0.15) is 12.8 Å². The zero-order valence-corrected chi connectivity index (χ0v) is 10.6. The lowest BCUT2D eigenvalue weighted by Crippen LogP contribution is -2.47. The molecule has 2 N–H and O–H groups in total. The first kappa shape index (κ1) is 14.1. The van der Waals surface area contributed by atoms with Crippen LogP contribution in [-0.2, 0) is 4.79 Å². The van der Waals surface area contributed by atoms with Crippen LogP contribution in [0.15, 0.2) is 24.3 Å². The van der Waals surface area contributed by atoms with Gasteiger partial charge < -0.3 is 5.32 Å². The molecule has 104 valence electrons. The highest BCUT2D eigenvalue weighted by Crippen LogP contribution is 2.48. The van der Waals surface area contributed by atoms with Gasteiger partial charge >= 0.3 is 6.18 Å². The van der Waals surface area contributed by atoms with Crippen LogP contribution >= 0.6 is 11.6 Å². The molecular weight excluding hydrogens is 281 g/mol. The molecule has 0 saturated heterocycles. The minimum atomic E-state index is -4.32. The number of hydrogen-bond acceptors (Lipinski definition) is 2. The van der Waals surface area contributed by atoms with Crippen LogP contribution in [0.3, 0.4) is 0 Å². The number of halogens is 4. The van der Waals surface area contributed by atoms with Crippen LogP contribution in [0, 0.1) is 0 Å². The summed E-state index contributed by atoms with van der Waals surface area (Å²) in [6.07, 6.45) is -4.29. The van der Waals surface area contributed by atoms with E-state index in [0.717, 1.165) is 0 Å². The molecule has 0 aliphatic heterocycles. The lowest BCUT2D eigenvalue weighted by atomic mass is 10.2. The Kier molecular flexibility index (Phi) is 3.73. The van der Waals surface area contributed by atoms with E-state index in [4.69, 9.17) is 11.6 Å². The molecule has 1 aromatic rings. The highest BCUT2D eigenvalue weighted by Gasteiger charge is 2.63. The molecule has 0 radical (unpaired) electrons. The molecular formula is C12H12ClF3N2O. The summed E-state index contributed by atoms with van der Waals surface area (Å²) in [5.41, 5.74) is -1.42. The molecule has 0 atom stereocenters. The zero-order chi connectivity index (χ0) is 14.1. The highest BCUT2D eigenvalue weighted by molar-refractivity contribution is 6.30. The van der Waals surface area contributed by atoms with Gasteiger partial charge in [0.2, 0.25) is 5.91 Å². The van der Waals surface area contributed by atoms with E-state index in [0.29, 0.717) is 10.7 Å². The van der Waals surface area contributed by atoms with Crippen molar-refractivity contribution in [2.75, 3.05) is 11.9 Å². The third-order valence-electron chi connectivity index (χ3n) is 2.99. The average Bonchev–Trinajstić information content (AvgIpc) is 3.06. The van der Waals surface area contributed by atoms with Gasteiger partial charge in [0.15, 0.2) is 0 Å². The van der Waals surface area contributed by atoms with E-state index < -0.39 is 17.6 Å². The van der Waals surface area contributed by atoms with E-state index in [9.17, 15) is 18.0 Å². The molecule has 0 aromatic heterocycles. The number of carbonyl (C=O) groups is 1. The number of nitrogens with one attached hydrogen (secondary N) is 2. The topological polar surface area (TPSA) is 41.1 Å². The van der Waals surface area contributed by atoms with Crippen molar-refractivity contribution in [2.24, 2.45) is 0 Å². The second-order valence-corrected chi connectivity index (χ2v) is 4.93. The molecule has 0 unspecified atom stereocenters. The number of alkyl halides is 3. The van der Waals surface area contributed by atoms with Crippen molar-refractivity contribution in [1.29, 1.82) is 0 Å². The van der Waals surface area contributed by atoms with Crippen LogP contribution in [0.4, 0.5) is 18.9 Å². The molecule has 19 heavy (non-hydrogen) atoms. The maximum absolute atomic E-state index is 12.6. The number of amides is 1. The van der Waals surface area contributed by atoms with Crippen LogP contribution in [0.5, 0.6) is 0 Å². The van der Waals surface area contributed by atoms with Crippen LogP contribution in [-0.4, -0.2) is 24.2 Å². The number of benzene rings is 1. The van der Waals surface area contributed by atoms with Gasteiger partial charge in [0.25, 0.3) is 0 Å². The molecule has 7 heteroatoms. The largest absolute Gasteiger partial charge is 0.406 e. The van der Waals surface area contributed by atoms with Crippen molar-refractivity contribution >= 4 is 23.2 Å². The van der Waals surface area contributed by atoms with Gasteiger partial charge in [-0.2, -0.15) is 13.2 Å². The number of anilines is 1. The van der Waals surface area contributed by atoms with Gasteiger partial charge in [0.1, 0.15) is 5.54 Å². The van der Waals surface area contributed by atoms with Crippen molar-refractivity contribution < 1.29 is 18.0 Å². The number of hydrogen-bond donors (Lipinski definition) is 2. The monoisotopic (exact) mass is 292 g/mol. The first-order valence-corrected chi connectivity index (χ1v) is 6.07. The van der Waals surface area contributed by atoms with Crippen molar-refractivity contribution in [1.82, 2.24) is 5.32 Å². The minimum Gasteiger partial charge on any atom is -0.325 e. The van der Waals surface area contributed by atoms with Gasteiger partial charge in [-0.15, -0.1) is 0 Å². The van der Waals surface area contributed by atoms with E-state index in [1.54, 1.807) is 18.2 Å². The van der Waals surface area contributed by atoms with Crippen LogP contribution in [0.25, 0.3) is 0 Å². The summed E-state index contributed by atoms with van der Waals surface area (Å²) in [5, 5.41) is 5.20. The van der Waals surface area contributed by atoms with Gasteiger partial charge in [-0.3, -0.25) is 10.1 Å². The summed E-state index contributed by atoms with van der Waals surface area (Å²) in [7, 11) is 0. The SMILES string of the molecule is O=C(CNC1(C(F)(F)F)CC1)Nc1cccc(Cl)c1. The first-order chi connectivity index (χ1) is 8.82. The average molecular weight is 293 g/mol. The summed E-state index contributed by atoms with van der Waals surface area (Å²) in [5.74, 6) is -0.530. The van der Waals surface area contributed by atoms with Gasteiger partial charge in [-0.1, -0.05) is 17.7 Å². The highest BCUT2D eigenvalue weighted by atomic mass is 35.5. The third kappa shape index (κ3) is 3.39. The fourth-order valence-electron chi connectivity index (χ4n) is 1.71. The third-order valence-corrected chi connectivity index (χ3v) is 3.22. The molecule has 1 aliphatic rings. The minimum absolute atomic E-state index is 0.0148. The van der Waals surface area contributed by atoms with Crippen molar-refractivity contribution in [3.8, 4) is 0 Å². The fraction of sp³-hybridized carbons (Fsp3) is 0.417. The Morgan fingerprint density at radius 2 is 2.05 bits per heavy atom. The molecule has 1 fully saturated rings. The first-order valence-electron chi connectivity index (χ1n) is 5.70. The van der Waals surface area contributed by atoms with Crippen molar-refractivity contribution in [3.63, 3.8) is 0 Å². The predicted molar refractivity (Wildman–Crippen MR) is 66.1 cm³/mol. The fourth-order valence-corrected chi connectivity index (χ4v) is 1.90. The van der Waals surface area contributed by atoms with Gasteiger partial charge in [-0.05, 0) is 31.0 Å². The van der Waals surface area contributed by atoms with Crippen molar-refractivity contribution in [3.05, 3.63) is 29.3 Å². The normalized spacial score (nSPS) is 17.1. The van der Waals surface area contributed by atoms with Crippen LogP contribution in [0.2, 0.25) is 5.02 Å². The molecule has 0 heterocycles. The molecule has 0 spiro atoms. The smallest absolute Gasteiger partial charge is 0.325 e. The maximum Gasteiger partial charge on any atom is 0.406 e. The molecule has 1 aliphatic carbocycles. The predicted octanol–water partition coefficient (Wildman–Crippen LogP) is 2.96. The summed E-state index contributed by atoms with van der Waals surface area (Å²) in [4.78, 5) is 11.5. The summed E-state index contributed by atoms with van der Waals surface area (Å²) < 4.78 is 37.8. The molecule has 0 bridgehead atoms. The quantitative estimate of drug-likeness (QED) is 0.896. The van der Waals surface area contributed by atoms with E-state index in [1.807, 2.05) is 0 Å². The Labute approximate surface area is 113 Å². The summed E-state index contributed by atoms with van der Waals surface area (Å²) in [6, 6.07) is 6.41. The molecule has 1 saturated carbocycles. The Balaban J connectivity index is 1.86. The molecule has 1 aromatic carbocycles. The number of carbonyl (C=O) groups excluding carboxylic acids is 1. The molecule has 1 amide bonds. The van der Waals surface area contributed by atoms with Gasteiger partial charge in [0, 0.05) is 10.7 Å². The standard InChI is InChI=1S/C12H12ClF3N2O/c13-8-2-1-3-9(6-8)18-10(19)7-17-11(4-5-11)12(14,15)16/h1-3,6,17H,4-5,7H2,(H,18,19). The Morgan fingerprint density at radius 1 is 1.37 bits per heavy atom.